The molecule has 2 aliphatic rings. The highest BCUT2D eigenvalue weighted by molar-refractivity contribution is 6.30. The molecule has 172 valence electrons. The van der Waals surface area contributed by atoms with Gasteiger partial charge in [0.05, 0.1) is 6.54 Å². The minimum absolute atomic E-state index is 0.277. The van der Waals surface area contributed by atoms with Gasteiger partial charge in [-0.05, 0) is 51.2 Å². The van der Waals surface area contributed by atoms with Crippen molar-refractivity contribution in [2.75, 3.05) is 76.3 Å². The third-order valence-electron chi connectivity index (χ3n) is 6.25. The molecule has 0 spiro atoms. The van der Waals surface area contributed by atoms with Gasteiger partial charge >= 0.3 is 0 Å². The summed E-state index contributed by atoms with van der Waals surface area (Å²) in [6.07, 6.45) is 1.77. The van der Waals surface area contributed by atoms with Crippen molar-refractivity contribution in [3.63, 3.8) is 0 Å². The van der Waals surface area contributed by atoms with E-state index in [2.05, 4.69) is 51.0 Å². The van der Waals surface area contributed by atoms with E-state index in [0.29, 0.717) is 11.0 Å². The van der Waals surface area contributed by atoms with Crippen LogP contribution in [0.5, 0.6) is 0 Å². The summed E-state index contributed by atoms with van der Waals surface area (Å²) >= 11 is 6.55. The maximum absolute atomic E-state index is 11.1. The third-order valence-corrected chi connectivity index (χ3v) is 6.57. The maximum atomic E-state index is 11.1. The van der Waals surface area contributed by atoms with Crippen molar-refractivity contribution in [1.82, 2.24) is 19.8 Å². The molecule has 9 heteroatoms. The van der Waals surface area contributed by atoms with Gasteiger partial charge in [-0.1, -0.05) is 11.6 Å². The Morgan fingerprint density at radius 1 is 1.12 bits per heavy atom. The molecule has 4 rings (SSSR count). The van der Waals surface area contributed by atoms with Gasteiger partial charge in [-0.25, -0.2) is 9.97 Å². The number of aromatic nitrogens is 2. The largest absolute Gasteiger partial charge is 0.369 e. The highest BCUT2D eigenvalue weighted by Gasteiger charge is 2.25. The molecule has 0 radical (unpaired) electrons. The molecule has 0 saturated carbocycles. The van der Waals surface area contributed by atoms with Crippen LogP contribution in [0.15, 0.2) is 24.3 Å². The van der Waals surface area contributed by atoms with Crippen molar-refractivity contribution < 1.29 is 4.79 Å². The Morgan fingerprint density at radius 2 is 1.84 bits per heavy atom. The van der Waals surface area contributed by atoms with Gasteiger partial charge in [-0.15, -0.1) is 0 Å². The number of amides is 1. The molecular formula is C23H32ClN7O. The normalized spacial score (nSPS) is 16.6. The summed E-state index contributed by atoms with van der Waals surface area (Å²) in [4.78, 5) is 29.5. The number of anilines is 2. The van der Waals surface area contributed by atoms with Gasteiger partial charge in [0, 0.05) is 62.6 Å². The SMILES string of the molecule is CN1CCN(c2ccc(-c3nc(Cl)c4c(n3)N(CCCN(C)CC(N)=O)CC4)cc2)CC1. The Balaban J connectivity index is 1.44. The van der Waals surface area contributed by atoms with Crippen molar-refractivity contribution in [1.29, 1.82) is 0 Å². The highest BCUT2D eigenvalue weighted by atomic mass is 35.5. The molecule has 32 heavy (non-hydrogen) atoms. The van der Waals surface area contributed by atoms with Gasteiger partial charge in [0.2, 0.25) is 5.91 Å². The summed E-state index contributed by atoms with van der Waals surface area (Å²) in [5.74, 6) is 1.29. The first-order chi connectivity index (χ1) is 15.4. The lowest BCUT2D eigenvalue weighted by Gasteiger charge is -2.34. The van der Waals surface area contributed by atoms with E-state index in [-0.39, 0.29) is 12.5 Å². The van der Waals surface area contributed by atoms with Crippen LogP contribution >= 0.6 is 11.6 Å². The second-order valence-corrected chi connectivity index (χ2v) is 9.13. The van der Waals surface area contributed by atoms with Crippen LogP contribution in [0.2, 0.25) is 5.15 Å². The van der Waals surface area contributed by atoms with Crippen LogP contribution in [0, 0.1) is 0 Å². The Hall–Kier alpha value is -2.42. The lowest BCUT2D eigenvalue weighted by molar-refractivity contribution is -0.118. The number of carbonyl (C=O) groups is 1. The van der Waals surface area contributed by atoms with Crippen molar-refractivity contribution in [2.45, 2.75) is 12.8 Å². The van der Waals surface area contributed by atoms with Crippen molar-refractivity contribution in [3.8, 4) is 11.4 Å². The molecule has 1 aromatic heterocycles. The maximum Gasteiger partial charge on any atom is 0.231 e. The van der Waals surface area contributed by atoms with Crippen LogP contribution < -0.4 is 15.5 Å². The zero-order valence-corrected chi connectivity index (χ0v) is 19.7. The number of nitrogens with zero attached hydrogens (tertiary/aromatic N) is 6. The number of hydrogen-bond donors (Lipinski definition) is 1. The monoisotopic (exact) mass is 457 g/mol. The fourth-order valence-corrected chi connectivity index (χ4v) is 4.64. The number of nitrogens with two attached hydrogens (primary N) is 1. The molecule has 0 aliphatic carbocycles. The number of halogens is 1. The van der Waals surface area contributed by atoms with Gasteiger partial charge in [0.25, 0.3) is 0 Å². The number of piperazine rings is 1. The van der Waals surface area contributed by atoms with Gasteiger partial charge in [0.1, 0.15) is 11.0 Å². The molecule has 1 saturated heterocycles. The molecule has 0 unspecified atom stereocenters. The van der Waals surface area contributed by atoms with Crippen LogP contribution in [0.1, 0.15) is 12.0 Å². The Kier molecular flexibility index (Phi) is 7.13. The molecule has 2 N–H and O–H groups in total. The summed E-state index contributed by atoms with van der Waals surface area (Å²) in [5.41, 5.74) is 8.50. The smallest absolute Gasteiger partial charge is 0.231 e. The van der Waals surface area contributed by atoms with E-state index in [4.69, 9.17) is 22.3 Å². The first kappa shape index (κ1) is 22.8. The van der Waals surface area contributed by atoms with Crippen LogP contribution in [0.25, 0.3) is 11.4 Å². The predicted octanol–water partition coefficient (Wildman–Crippen LogP) is 1.72. The fraction of sp³-hybridized carbons (Fsp3) is 0.522. The topological polar surface area (TPSA) is 81.8 Å². The van der Waals surface area contributed by atoms with Gasteiger partial charge in [-0.3, -0.25) is 9.69 Å². The zero-order chi connectivity index (χ0) is 22.7. The average Bonchev–Trinajstić information content (AvgIpc) is 3.17. The lowest BCUT2D eigenvalue weighted by atomic mass is 10.1. The van der Waals surface area contributed by atoms with E-state index in [1.807, 2.05) is 11.9 Å². The Morgan fingerprint density at radius 3 is 2.53 bits per heavy atom. The van der Waals surface area contributed by atoms with E-state index in [1.165, 1.54) is 5.69 Å². The van der Waals surface area contributed by atoms with Crippen molar-refractivity contribution >= 4 is 29.0 Å². The highest BCUT2D eigenvalue weighted by Crippen LogP contribution is 2.33. The summed E-state index contributed by atoms with van der Waals surface area (Å²) in [7, 11) is 4.07. The lowest BCUT2D eigenvalue weighted by Crippen LogP contribution is -2.44. The molecule has 1 amide bonds. The van der Waals surface area contributed by atoms with Gasteiger partial charge < -0.3 is 20.4 Å². The minimum atomic E-state index is -0.304. The van der Waals surface area contributed by atoms with Crippen LogP contribution in [0.3, 0.4) is 0 Å². The number of rotatable bonds is 8. The number of benzene rings is 1. The molecule has 2 aromatic rings. The first-order valence-corrected chi connectivity index (χ1v) is 11.6. The van der Waals surface area contributed by atoms with E-state index in [1.54, 1.807) is 0 Å². The number of fused-ring (bicyclic) bond motifs is 1. The summed E-state index contributed by atoms with van der Waals surface area (Å²) in [6, 6.07) is 8.47. The molecule has 1 fully saturated rings. The average molecular weight is 458 g/mol. The summed E-state index contributed by atoms with van der Waals surface area (Å²) in [6.45, 7) is 7.06. The molecule has 8 nitrogen and oxygen atoms in total. The Bertz CT molecular complexity index is 944. The van der Waals surface area contributed by atoms with Crippen LogP contribution in [0.4, 0.5) is 11.5 Å². The molecule has 1 aromatic carbocycles. The van der Waals surface area contributed by atoms with Gasteiger partial charge in [-0.2, -0.15) is 0 Å². The third kappa shape index (κ3) is 5.31. The van der Waals surface area contributed by atoms with E-state index in [9.17, 15) is 4.79 Å². The first-order valence-electron chi connectivity index (χ1n) is 11.2. The van der Waals surface area contributed by atoms with Gasteiger partial charge in [0.15, 0.2) is 5.82 Å². The standard InChI is InChI=1S/C23H32ClN7O/c1-28-12-14-30(15-13-28)18-6-4-17(5-7-18)22-26-21(24)19-8-11-31(23(19)27-22)10-3-9-29(2)16-20(25)32/h4-7H,3,8-16H2,1-2H3,(H2,25,32). The number of carbonyl (C=O) groups excluding carboxylic acids is 1. The molecular weight excluding hydrogens is 426 g/mol. The van der Waals surface area contributed by atoms with E-state index < -0.39 is 0 Å². The zero-order valence-electron chi connectivity index (χ0n) is 18.9. The number of primary amides is 1. The molecule has 0 bridgehead atoms. The quantitative estimate of drug-likeness (QED) is 0.604. The minimum Gasteiger partial charge on any atom is -0.369 e. The fourth-order valence-electron chi connectivity index (χ4n) is 4.38. The van der Waals surface area contributed by atoms with Crippen LogP contribution in [-0.4, -0.2) is 92.1 Å². The Labute approximate surface area is 195 Å². The summed E-state index contributed by atoms with van der Waals surface area (Å²) < 4.78 is 0. The summed E-state index contributed by atoms with van der Waals surface area (Å²) in [5, 5.41) is 0.543. The molecule has 2 aliphatic heterocycles. The van der Waals surface area contributed by atoms with Crippen LogP contribution in [-0.2, 0) is 11.2 Å². The molecule has 3 heterocycles. The van der Waals surface area contributed by atoms with Crippen molar-refractivity contribution in [3.05, 3.63) is 35.0 Å². The predicted molar refractivity (Wildman–Crippen MR) is 129 cm³/mol. The second-order valence-electron chi connectivity index (χ2n) is 8.77. The van der Waals surface area contributed by atoms with E-state index in [0.717, 1.165) is 75.6 Å². The second kappa shape index (κ2) is 10.0. The number of likely N-dealkylation sites (N-methyl/N-ethyl adjacent to an activating group) is 2. The number of hydrogen-bond acceptors (Lipinski definition) is 7. The molecule has 0 atom stereocenters. The van der Waals surface area contributed by atoms with Crippen molar-refractivity contribution in [2.24, 2.45) is 5.73 Å². The van der Waals surface area contributed by atoms with E-state index >= 15 is 0 Å².